The van der Waals surface area contributed by atoms with Crippen LogP contribution in [0.15, 0.2) is 85.1 Å². The molecule has 6 N–H and O–H groups in total. The molecule has 7 atom stereocenters. The molecule has 84 heavy (non-hydrogen) atoms. The maximum absolute atomic E-state index is 13.0. The predicted octanol–water partition coefficient (Wildman–Crippen LogP) is 17.7. The number of aliphatic hydroxyl groups excluding tert-OH is 5. The highest BCUT2D eigenvalue weighted by Crippen LogP contribution is 2.23. The number of rotatable bonds is 60. The third kappa shape index (κ3) is 49.9. The summed E-state index contributed by atoms with van der Waals surface area (Å²) in [5.74, 6) is -0.209. The zero-order valence-corrected chi connectivity index (χ0v) is 53.8. The summed E-state index contributed by atoms with van der Waals surface area (Å²) < 4.78 is 16.7. The lowest BCUT2D eigenvalue weighted by atomic mass is 9.99. The van der Waals surface area contributed by atoms with Crippen molar-refractivity contribution in [1.82, 2.24) is 5.32 Å². The Kier molecular flexibility index (Phi) is 57.7. The second kappa shape index (κ2) is 61.5. The third-order valence-electron chi connectivity index (χ3n) is 15.9. The fourth-order valence-electron chi connectivity index (χ4n) is 10.4. The molecular formula is C73H129NO10. The topological polar surface area (TPSA) is 175 Å². The lowest BCUT2D eigenvalue weighted by Crippen LogP contribution is -2.60. The van der Waals surface area contributed by atoms with E-state index in [0.717, 1.165) is 89.9 Å². The molecule has 1 heterocycles. The number of aliphatic hydroxyl groups is 5. The number of ether oxygens (including phenoxy) is 3. The van der Waals surface area contributed by atoms with Gasteiger partial charge in [0.15, 0.2) is 6.29 Å². The van der Waals surface area contributed by atoms with Crippen LogP contribution in [0.2, 0.25) is 0 Å². The summed E-state index contributed by atoms with van der Waals surface area (Å²) in [5.41, 5.74) is 0. The molecule has 0 aromatic carbocycles. The van der Waals surface area contributed by atoms with E-state index in [1.807, 2.05) is 6.08 Å². The van der Waals surface area contributed by atoms with Crippen LogP contribution in [0.3, 0.4) is 0 Å². The van der Waals surface area contributed by atoms with Crippen LogP contribution in [0.1, 0.15) is 303 Å². The van der Waals surface area contributed by atoms with Crippen LogP contribution in [-0.4, -0.2) is 100 Å². The van der Waals surface area contributed by atoms with Gasteiger partial charge in [0, 0.05) is 12.8 Å². The molecule has 1 rings (SSSR count). The molecule has 0 radical (unpaired) electrons. The molecule has 486 valence electrons. The Labute approximate surface area is 514 Å². The predicted molar refractivity (Wildman–Crippen MR) is 352 cm³/mol. The van der Waals surface area contributed by atoms with Crippen LogP contribution in [0, 0.1) is 0 Å². The van der Waals surface area contributed by atoms with Crippen LogP contribution < -0.4 is 5.32 Å². The lowest BCUT2D eigenvalue weighted by molar-refractivity contribution is -0.302. The van der Waals surface area contributed by atoms with Gasteiger partial charge in [0.1, 0.15) is 24.4 Å². The number of unbranched alkanes of at least 4 members (excludes halogenated alkanes) is 34. The third-order valence-corrected chi connectivity index (χ3v) is 15.9. The van der Waals surface area contributed by atoms with Crippen LogP contribution in [0.5, 0.6) is 0 Å². The normalized spacial score (nSPS) is 18.6. The van der Waals surface area contributed by atoms with E-state index in [-0.39, 0.29) is 18.5 Å². The average Bonchev–Trinajstić information content (AvgIpc) is 3.65. The molecular weight excluding hydrogens is 1050 g/mol. The summed E-state index contributed by atoms with van der Waals surface area (Å²) in [5, 5.41) is 54.3. The summed E-state index contributed by atoms with van der Waals surface area (Å²) in [4.78, 5) is 25.1. The van der Waals surface area contributed by atoms with Gasteiger partial charge in [0.25, 0.3) is 0 Å². The molecule has 11 heteroatoms. The lowest BCUT2D eigenvalue weighted by Gasteiger charge is -2.40. The van der Waals surface area contributed by atoms with Gasteiger partial charge in [-0.05, 0) is 109 Å². The molecule has 0 saturated carbocycles. The Morgan fingerprint density at radius 1 is 0.440 bits per heavy atom. The molecule has 0 aromatic rings. The number of hydrogen-bond acceptors (Lipinski definition) is 10. The van der Waals surface area contributed by atoms with E-state index >= 15 is 0 Å². The van der Waals surface area contributed by atoms with Gasteiger partial charge >= 0.3 is 5.97 Å². The first-order valence-electron chi connectivity index (χ1n) is 34.9. The van der Waals surface area contributed by atoms with Gasteiger partial charge in [0.05, 0.1) is 32.0 Å². The Hall–Kier alpha value is -3.16. The molecule has 1 aliphatic rings. The Morgan fingerprint density at radius 3 is 1.29 bits per heavy atom. The van der Waals surface area contributed by atoms with Crippen molar-refractivity contribution in [1.29, 1.82) is 0 Å². The average molecular weight is 1180 g/mol. The molecule has 1 aliphatic heterocycles. The smallest absolute Gasteiger partial charge is 0.305 e. The first-order chi connectivity index (χ1) is 41.2. The van der Waals surface area contributed by atoms with Gasteiger partial charge in [-0.15, -0.1) is 0 Å². The van der Waals surface area contributed by atoms with Gasteiger partial charge in [-0.25, -0.2) is 0 Å². The summed E-state index contributed by atoms with van der Waals surface area (Å²) in [7, 11) is 0. The van der Waals surface area contributed by atoms with Gasteiger partial charge in [0.2, 0.25) is 5.91 Å². The zero-order valence-electron chi connectivity index (χ0n) is 53.8. The monoisotopic (exact) mass is 1180 g/mol. The van der Waals surface area contributed by atoms with E-state index in [0.29, 0.717) is 19.4 Å². The standard InChI is InChI=1S/C73H129NO10/c1-3-5-7-9-11-13-15-16-37-41-45-49-53-57-61-69(78)82-62-58-54-50-46-42-38-35-33-31-29-27-25-23-21-19-17-18-20-22-24-26-28-30-32-34-36-40-44-48-52-56-60-68(77)74-65(64-83-73-72(81)71(80)70(79)67(63-75)84-73)66(76)59-55-51-47-43-39-14-12-10-8-6-4-2/h8-11,15-16,19,21,25,27,39,43,55,59,65-67,70-73,75-76,79-81H,3-7,12-14,17-18,20,22-24,26,28-38,40-42,44-54,56-58,60-64H2,1-2H3,(H,74,77)/b10-8+,11-9-,16-15-,21-19-,27-25-,43-39+,59-55+. The number of nitrogens with one attached hydrogen (secondary N) is 1. The number of amides is 1. The molecule has 0 bridgehead atoms. The van der Waals surface area contributed by atoms with E-state index in [1.54, 1.807) is 6.08 Å². The first kappa shape index (κ1) is 78.9. The number of carbonyl (C=O) groups is 2. The Morgan fingerprint density at radius 2 is 0.833 bits per heavy atom. The van der Waals surface area contributed by atoms with E-state index in [1.165, 1.54) is 186 Å². The van der Waals surface area contributed by atoms with Gasteiger partial charge in [-0.2, -0.15) is 0 Å². The van der Waals surface area contributed by atoms with Crippen LogP contribution >= 0.6 is 0 Å². The second-order valence-electron chi connectivity index (χ2n) is 23.8. The van der Waals surface area contributed by atoms with E-state index in [2.05, 4.69) is 92.1 Å². The van der Waals surface area contributed by atoms with Gasteiger partial charge in [-0.3, -0.25) is 9.59 Å². The zero-order chi connectivity index (χ0) is 60.9. The number of allylic oxidation sites excluding steroid dienone is 13. The van der Waals surface area contributed by atoms with Crippen molar-refractivity contribution in [2.75, 3.05) is 19.8 Å². The minimum Gasteiger partial charge on any atom is -0.466 e. The molecule has 11 nitrogen and oxygen atoms in total. The van der Waals surface area contributed by atoms with Crippen LogP contribution in [-0.2, 0) is 23.8 Å². The highest BCUT2D eigenvalue weighted by Gasteiger charge is 2.44. The highest BCUT2D eigenvalue weighted by atomic mass is 16.7. The van der Waals surface area contributed by atoms with Gasteiger partial charge in [-0.1, -0.05) is 266 Å². The molecule has 0 aliphatic carbocycles. The Bertz CT molecular complexity index is 1670. The fourth-order valence-corrected chi connectivity index (χ4v) is 10.4. The van der Waals surface area contributed by atoms with Crippen molar-refractivity contribution in [3.63, 3.8) is 0 Å². The second-order valence-corrected chi connectivity index (χ2v) is 23.8. The molecule has 1 fully saturated rings. The van der Waals surface area contributed by atoms with Crippen LogP contribution in [0.25, 0.3) is 0 Å². The molecule has 0 aromatic heterocycles. The quantitative estimate of drug-likeness (QED) is 0.0195. The van der Waals surface area contributed by atoms with Gasteiger partial charge < -0.3 is 45.1 Å². The maximum Gasteiger partial charge on any atom is 0.305 e. The number of hydrogen-bond donors (Lipinski definition) is 6. The van der Waals surface area contributed by atoms with Crippen molar-refractivity contribution >= 4 is 11.9 Å². The SMILES string of the molecule is CCC/C=C/CC/C=C/CC/C=C/C(O)C(COC1OC(CO)C(O)C(O)C1O)NC(=O)CCCCCCCCCCCCCCCCC/C=C\C/C=C\CCCCCCCCCCCOC(=O)CCCCCCC/C=C\C/C=C\CCCC. The van der Waals surface area contributed by atoms with Crippen molar-refractivity contribution in [2.24, 2.45) is 0 Å². The largest absolute Gasteiger partial charge is 0.466 e. The minimum absolute atomic E-state index is 0.0107. The van der Waals surface area contributed by atoms with Crippen molar-refractivity contribution in [3.05, 3.63) is 85.1 Å². The maximum atomic E-state index is 13.0. The molecule has 1 amide bonds. The van der Waals surface area contributed by atoms with Crippen LogP contribution in [0.4, 0.5) is 0 Å². The number of carbonyl (C=O) groups excluding carboxylic acids is 2. The minimum atomic E-state index is -1.58. The summed E-state index contributed by atoms with van der Waals surface area (Å²) >= 11 is 0. The molecule has 7 unspecified atom stereocenters. The molecule has 1 saturated heterocycles. The summed E-state index contributed by atoms with van der Waals surface area (Å²) in [6, 6.07) is -0.835. The summed E-state index contributed by atoms with van der Waals surface area (Å²) in [6.07, 6.45) is 74.4. The van der Waals surface area contributed by atoms with E-state index in [4.69, 9.17) is 14.2 Å². The summed E-state index contributed by atoms with van der Waals surface area (Å²) in [6.45, 7) is 4.21. The van der Waals surface area contributed by atoms with Crippen molar-refractivity contribution in [3.8, 4) is 0 Å². The van der Waals surface area contributed by atoms with Crippen molar-refractivity contribution in [2.45, 2.75) is 346 Å². The van der Waals surface area contributed by atoms with Crippen molar-refractivity contribution < 1.29 is 49.3 Å². The molecule has 0 spiro atoms. The first-order valence-corrected chi connectivity index (χ1v) is 34.9. The fraction of sp³-hybridized carbons (Fsp3) is 0.781. The Balaban J connectivity index is 1.96. The highest BCUT2D eigenvalue weighted by molar-refractivity contribution is 5.76. The van der Waals surface area contributed by atoms with E-state index < -0.39 is 49.5 Å². The van der Waals surface area contributed by atoms with E-state index in [9.17, 15) is 35.1 Å². The number of esters is 1.